The van der Waals surface area contributed by atoms with Gasteiger partial charge in [-0.2, -0.15) is 0 Å². The predicted octanol–water partition coefficient (Wildman–Crippen LogP) is 3.23. The number of anilines is 1. The summed E-state index contributed by atoms with van der Waals surface area (Å²) < 4.78 is 0. The SMILES string of the molecule is Cc1ccc(C2C(C(=O)Nc3nc(C)c(C)s3)CC(=O)N2C)cc1. The molecule has 0 spiro atoms. The molecule has 0 aliphatic carbocycles. The van der Waals surface area contributed by atoms with E-state index in [-0.39, 0.29) is 24.3 Å². The fraction of sp³-hybridized carbons (Fsp3) is 0.389. The van der Waals surface area contributed by atoms with Gasteiger partial charge in [0, 0.05) is 18.3 Å². The summed E-state index contributed by atoms with van der Waals surface area (Å²) in [5, 5.41) is 3.48. The number of nitrogens with zero attached hydrogens (tertiary/aromatic N) is 2. The van der Waals surface area contributed by atoms with Gasteiger partial charge < -0.3 is 10.2 Å². The summed E-state index contributed by atoms with van der Waals surface area (Å²) in [4.78, 5) is 32.1. The zero-order chi connectivity index (χ0) is 17.4. The minimum absolute atomic E-state index is 0.00720. The summed E-state index contributed by atoms with van der Waals surface area (Å²) in [6, 6.07) is 7.77. The molecule has 1 aliphatic heterocycles. The largest absolute Gasteiger partial charge is 0.338 e. The molecule has 2 heterocycles. The molecular formula is C18H21N3O2S. The number of aryl methyl sites for hydroxylation is 3. The molecule has 5 nitrogen and oxygen atoms in total. The molecule has 24 heavy (non-hydrogen) atoms. The normalized spacial score (nSPS) is 20.5. The van der Waals surface area contributed by atoms with Gasteiger partial charge in [0.05, 0.1) is 17.7 Å². The van der Waals surface area contributed by atoms with Crippen molar-refractivity contribution in [3.8, 4) is 0 Å². The highest BCUT2D eigenvalue weighted by Gasteiger charge is 2.42. The van der Waals surface area contributed by atoms with E-state index >= 15 is 0 Å². The number of aromatic nitrogens is 1. The molecule has 1 aliphatic rings. The quantitative estimate of drug-likeness (QED) is 0.931. The summed E-state index contributed by atoms with van der Waals surface area (Å²) in [7, 11) is 1.76. The molecule has 2 amide bonds. The predicted molar refractivity (Wildman–Crippen MR) is 95.0 cm³/mol. The Labute approximate surface area is 145 Å². The highest BCUT2D eigenvalue weighted by molar-refractivity contribution is 7.15. The second-order valence-electron chi connectivity index (χ2n) is 6.32. The lowest BCUT2D eigenvalue weighted by Gasteiger charge is -2.24. The molecule has 6 heteroatoms. The number of likely N-dealkylation sites (tertiary alicyclic amines) is 1. The Balaban J connectivity index is 1.85. The Hall–Kier alpha value is -2.21. The van der Waals surface area contributed by atoms with Crippen LogP contribution in [0, 0.1) is 26.7 Å². The van der Waals surface area contributed by atoms with Crippen LogP contribution in [-0.2, 0) is 9.59 Å². The summed E-state index contributed by atoms with van der Waals surface area (Å²) in [5.74, 6) is -0.561. The van der Waals surface area contributed by atoms with Gasteiger partial charge in [-0.3, -0.25) is 9.59 Å². The average molecular weight is 343 g/mol. The van der Waals surface area contributed by atoms with Crippen molar-refractivity contribution in [2.45, 2.75) is 33.2 Å². The monoisotopic (exact) mass is 343 g/mol. The van der Waals surface area contributed by atoms with E-state index in [1.165, 1.54) is 11.3 Å². The molecule has 1 aromatic carbocycles. The molecule has 2 unspecified atom stereocenters. The minimum atomic E-state index is -0.408. The van der Waals surface area contributed by atoms with Crippen molar-refractivity contribution in [2.75, 3.05) is 12.4 Å². The number of amides is 2. The van der Waals surface area contributed by atoms with Crippen molar-refractivity contribution in [3.05, 3.63) is 46.0 Å². The number of nitrogens with one attached hydrogen (secondary N) is 1. The Kier molecular flexibility index (Phi) is 4.41. The lowest BCUT2D eigenvalue weighted by atomic mass is 9.92. The number of hydrogen-bond donors (Lipinski definition) is 1. The summed E-state index contributed by atoms with van der Waals surface area (Å²) in [6.45, 7) is 5.92. The minimum Gasteiger partial charge on any atom is -0.338 e. The van der Waals surface area contributed by atoms with Gasteiger partial charge in [0.2, 0.25) is 11.8 Å². The lowest BCUT2D eigenvalue weighted by Crippen LogP contribution is -2.30. The van der Waals surface area contributed by atoms with E-state index in [0.717, 1.165) is 21.7 Å². The molecule has 1 saturated heterocycles. The highest BCUT2D eigenvalue weighted by atomic mass is 32.1. The summed E-state index contributed by atoms with van der Waals surface area (Å²) in [5.41, 5.74) is 3.06. The average Bonchev–Trinajstić information content (AvgIpc) is 3.00. The smallest absolute Gasteiger partial charge is 0.232 e. The van der Waals surface area contributed by atoms with Crippen LogP contribution < -0.4 is 5.32 Å². The topological polar surface area (TPSA) is 62.3 Å². The first-order valence-electron chi connectivity index (χ1n) is 7.94. The lowest BCUT2D eigenvalue weighted by molar-refractivity contribution is -0.127. The molecule has 0 saturated carbocycles. The number of thiazole rings is 1. The van der Waals surface area contributed by atoms with Crippen molar-refractivity contribution in [3.63, 3.8) is 0 Å². The number of benzene rings is 1. The number of carbonyl (C=O) groups is 2. The molecule has 126 valence electrons. The zero-order valence-electron chi connectivity index (χ0n) is 14.3. The van der Waals surface area contributed by atoms with Crippen molar-refractivity contribution in [2.24, 2.45) is 5.92 Å². The van der Waals surface area contributed by atoms with Crippen LogP contribution in [0.1, 0.15) is 34.2 Å². The molecular weight excluding hydrogens is 322 g/mol. The van der Waals surface area contributed by atoms with Gasteiger partial charge in [-0.15, -0.1) is 11.3 Å². The van der Waals surface area contributed by atoms with Crippen LogP contribution in [0.3, 0.4) is 0 Å². The van der Waals surface area contributed by atoms with Gasteiger partial charge in [-0.25, -0.2) is 4.98 Å². The molecule has 1 N–H and O–H groups in total. The van der Waals surface area contributed by atoms with E-state index in [2.05, 4.69) is 10.3 Å². The molecule has 1 aromatic heterocycles. The number of hydrogen-bond acceptors (Lipinski definition) is 4. The van der Waals surface area contributed by atoms with E-state index in [4.69, 9.17) is 0 Å². The highest BCUT2D eigenvalue weighted by Crippen LogP contribution is 2.38. The van der Waals surface area contributed by atoms with Crippen molar-refractivity contribution in [1.29, 1.82) is 0 Å². The number of rotatable bonds is 3. The van der Waals surface area contributed by atoms with E-state index in [1.54, 1.807) is 11.9 Å². The summed E-state index contributed by atoms with van der Waals surface area (Å²) >= 11 is 1.46. The second-order valence-corrected chi connectivity index (χ2v) is 7.52. The Bertz CT molecular complexity index is 763. The first-order chi connectivity index (χ1) is 11.4. The van der Waals surface area contributed by atoms with Gasteiger partial charge in [-0.1, -0.05) is 29.8 Å². The summed E-state index contributed by atoms with van der Waals surface area (Å²) in [6.07, 6.45) is 0.226. The van der Waals surface area contributed by atoms with Crippen LogP contribution in [-0.4, -0.2) is 28.7 Å². The van der Waals surface area contributed by atoms with Gasteiger partial charge >= 0.3 is 0 Å². The Morgan fingerprint density at radius 1 is 1.25 bits per heavy atom. The third-order valence-electron chi connectivity index (χ3n) is 4.60. The van der Waals surface area contributed by atoms with Gasteiger partial charge in [0.1, 0.15) is 0 Å². The zero-order valence-corrected chi connectivity index (χ0v) is 15.1. The van der Waals surface area contributed by atoms with E-state index < -0.39 is 5.92 Å². The van der Waals surface area contributed by atoms with Gasteiger partial charge in [0.15, 0.2) is 5.13 Å². The van der Waals surface area contributed by atoms with E-state index in [0.29, 0.717) is 5.13 Å². The fourth-order valence-electron chi connectivity index (χ4n) is 3.05. The first kappa shape index (κ1) is 16.6. The van der Waals surface area contributed by atoms with Crippen LogP contribution >= 0.6 is 11.3 Å². The standard InChI is InChI=1S/C18H21N3O2S/c1-10-5-7-13(8-6-10)16-14(9-15(22)21(16)4)17(23)20-18-19-11(2)12(3)24-18/h5-8,14,16H,9H2,1-4H3,(H,19,20,23). The van der Waals surface area contributed by atoms with Crippen molar-refractivity contribution < 1.29 is 9.59 Å². The maximum absolute atomic E-state index is 12.8. The Morgan fingerprint density at radius 3 is 2.50 bits per heavy atom. The van der Waals surface area contributed by atoms with Gasteiger partial charge in [0.25, 0.3) is 0 Å². The van der Waals surface area contributed by atoms with Crippen LogP contribution in [0.15, 0.2) is 24.3 Å². The molecule has 1 fully saturated rings. The van der Waals surface area contributed by atoms with Crippen LogP contribution in [0.4, 0.5) is 5.13 Å². The molecule has 3 rings (SSSR count). The number of carbonyl (C=O) groups excluding carboxylic acids is 2. The maximum Gasteiger partial charge on any atom is 0.232 e. The second kappa shape index (κ2) is 6.36. The molecule has 0 bridgehead atoms. The van der Waals surface area contributed by atoms with Crippen molar-refractivity contribution >= 4 is 28.3 Å². The molecule has 2 aromatic rings. The van der Waals surface area contributed by atoms with Crippen LogP contribution in [0.25, 0.3) is 0 Å². The van der Waals surface area contributed by atoms with E-state index in [9.17, 15) is 9.59 Å². The van der Waals surface area contributed by atoms with Crippen LogP contribution in [0.5, 0.6) is 0 Å². The maximum atomic E-state index is 12.8. The Morgan fingerprint density at radius 2 is 1.92 bits per heavy atom. The van der Waals surface area contributed by atoms with Crippen molar-refractivity contribution in [1.82, 2.24) is 9.88 Å². The molecule has 2 atom stereocenters. The third-order valence-corrected chi connectivity index (χ3v) is 5.59. The molecule has 0 radical (unpaired) electrons. The van der Waals surface area contributed by atoms with Gasteiger partial charge in [-0.05, 0) is 26.3 Å². The van der Waals surface area contributed by atoms with Crippen LogP contribution in [0.2, 0.25) is 0 Å². The fourth-order valence-corrected chi connectivity index (χ4v) is 3.87. The first-order valence-corrected chi connectivity index (χ1v) is 8.75. The van der Waals surface area contributed by atoms with E-state index in [1.807, 2.05) is 45.0 Å². The third kappa shape index (κ3) is 3.06.